The van der Waals surface area contributed by atoms with Crippen LogP contribution in [0.15, 0.2) is 45.6 Å². The van der Waals surface area contributed by atoms with E-state index in [4.69, 9.17) is 8.83 Å². The highest BCUT2D eigenvalue weighted by atomic mass is 16.4. The van der Waals surface area contributed by atoms with E-state index in [0.29, 0.717) is 11.5 Å². The molecule has 8 nitrogen and oxygen atoms in total. The molecule has 8 heteroatoms. The third-order valence-electron chi connectivity index (χ3n) is 2.87. The number of carbonyl (C=O) groups excluding carboxylic acids is 2. The molecule has 0 fully saturated rings. The van der Waals surface area contributed by atoms with Crippen molar-refractivity contribution in [2.24, 2.45) is 0 Å². The molecule has 0 unspecified atom stereocenters. The molecule has 0 radical (unpaired) electrons. The van der Waals surface area contributed by atoms with Crippen molar-refractivity contribution in [1.29, 1.82) is 0 Å². The summed E-state index contributed by atoms with van der Waals surface area (Å²) in [6, 6.07) is 6.57. The molecule has 0 aliphatic heterocycles. The molecule has 0 aliphatic carbocycles. The van der Waals surface area contributed by atoms with Crippen LogP contribution in [-0.4, -0.2) is 34.2 Å². The van der Waals surface area contributed by atoms with Gasteiger partial charge in [-0.3, -0.25) is 9.59 Å². The first-order valence-electron chi connectivity index (χ1n) is 6.54. The van der Waals surface area contributed by atoms with E-state index in [2.05, 4.69) is 10.6 Å². The molecule has 2 amide bonds. The second-order valence-corrected chi connectivity index (χ2v) is 4.48. The van der Waals surface area contributed by atoms with Crippen molar-refractivity contribution in [2.45, 2.75) is 25.3 Å². The van der Waals surface area contributed by atoms with Gasteiger partial charge in [-0.1, -0.05) is 0 Å². The van der Waals surface area contributed by atoms with Crippen LogP contribution in [0.5, 0.6) is 0 Å². The smallest absolute Gasteiger partial charge is 0.252 e. The van der Waals surface area contributed by atoms with Gasteiger partial charge in [-0.2, -0.15) is 0 Å². The molecule has 0 saturated carbocycles. The van der Waals surface area contributed by atoms with E-state index in [1.807, 2.05) is 0 Å². The molecule has 2 aromatic rings. The van der Waals surface area contributed by atoms with Crippen molar-refractivity contribution >= 4 is 11.8 Å². The lowest BCUT2D eigenvalue weighted by Crippen LogP contribution is -2.49. The molecule has 0 aromatic carbocycles. The van der Waals surface area contributed by atoms with Crippen LogP contribution in [0.3, 0.4) is 0 Å². The third-order valence-corrected chi connectivity index (χ3v) is 2.87. The second kappa shape index (κ2) is 7.43. The summed E-state index contributed by atoms with van der Waals surface area (Å²) in [4.78, 5) is 23.3. The average molecular weight is 308 g/mol. The first-order chi connectivity index (χ1) is 10.6. The molecule has 0 bridgehead atoms. The Morgan fingerprint density at radius 1 is 0.909 bits per heavy atom. The highest BCUT2D eigenvalue weighted by molar-refractivity contribution is 5.90. The van der Waals surface area contributed by atoms with Crippen molar-refractivity contribution in [1.82, 2.24) is 10.6 Å². The fraction of sp³-hybridized carbons (Fsp3) is 0.286. The van der Waals surface area contributed by atoms with Crippen molar-refractivity contribution in [2.75, 3.05) is 0 Å². The number of furan rings is 2. The van der Waals surface area contributed by atoms with Crippen LogP contribution < -0.4 is 10.6 Å². The van der Waals surface area contributed by atoms with Crippen molar-refractivity contribution in [3.8, 4) is 0 Å². The Bertz CT molecular complexity index is 539. The molecular formula is C14H16N2O6. The van der Waals surface area contributed by atoms with Gasteiger partial charge in [0.1, 0.15) is 11.5 Å². The van der Waals surface area contributed by atoms with E-state index in [1.165, 1.54) is 12.5 Å². The quantitative estimate of drug-likeness (QED) is 0.548. The Morgan fingerprint density at radius 2 is 1.32 bits per heavy atom. The molecule has 118 valence electrons. The Morgan fingerprint density at radius 3 is 1.64 bits per heavy atom. The minimum absolute atomic E-state index is 0.0453. The van der Waals surface area contributed by atoms with Gasteiger partial charge in [0, 0.05) is 0 Å². The number of nitrogens with one attached hydrogen (secondary N) is 2. The summed E-state index contributed by atoms with van der Waals surface area (Å²) in [5, 5.41) is 24.0. The van der Waals surface area contributed by atoms with Crippen molar-refractivity contribution < 1.29 is 28.6 Å². The number of hydrogen-bond donors (Lipinski definition) is 4. The Kier molecular flexibility index (Phi) is 5.34. The van der Waals surface area contributed by atoms with E-state index in [1.54, 1.807) is 24.3 Å². The summed E-state index contributed by atoms with van der Waals surface area (Å²) in [7, 11) is 0. The number of aliphatic hydroxyl groups excluding tert-OH is 2. The van der Waals surface area contributed by atoms with Gasteiger partial charge in [-0.15, -0.1) is 0 Å². The molecule has 22 heavy (non-hydrogen) atoms. The molecular weight excluding hydrogens is 292 g/mol. The van der Waals surface area contributed by atoms with Gasteiger partial charge in [-0.25, -0.2) is 0 Å². The van der Waals surface area contributed by atoms with Crippen LogP contribution in [0, 0.1) is 0 Å². The standard InChI is InChI=1S/C14H16N2O6/c17-11(13(19)15-7-9-3-1-5-21-9)12(18)14(20)16-8-10-4-2-6-22-10/h1-6,11-12,17-18H,7-8H2,(H,15,19)(H,16,20)/t11-,12+. The molecule has 0 aliphatic rings. The Hall–Kier alpha value is -2.58. The lowest BCUT2D eigenvalue weighted by atomic mass is 10.1. The zero-order valence-corrected chi connectivity index (χ0v) is 11.6. The van der Waals surface area contributed by atoms with Gasteiger partial charge >= 0.3 is 0 Å². The Balaban J connectivity index is 1.78. The normalized spacial score (nSPS) is 13.4. The maximum absolute atomic E-state index is 11.7. The summed E-state index contributed by atoms with van der Waals surface area (Å²) < 4.78 is 10.0. The maximum atomic E-state index is 11.7. The summed E-state index contributed by atoms with van der Waals surface area (Å²) in [5.74, 6) is -0.788. The zero-order chi connectivity index (χ0) is 15.9. The lowest BCUT2D eigenvalue weighted by Gasteiger charge is -2.16. The van der Waals surface area contributed by atoms with Gasteiger partial charge in [0.2, 0.25) is 0 Å². The van der Waals surface area contributed by atoms with E-state index < -0.39 is 24.0 Å². The number of amides is 2. The monoisotopic (exact) mass is 308 g/mol. The van der Waals surface area contributed by atoms with E-state index in [9.17, 15) is 19.8 Å². The minimum Gasteiger partial charge on any atom is -0.467 e. The van der Waals surface area contributed by atoms with Gasteiger partial charge in [0.15, 0.2) is 12.2 Å². The van der Waals surface area contributed by atoms with E-state index >= 15 is 0 Å². The Labute approximate surface area is 125 Å². The fourth-order valence-electron chi connectivity index (χ4n) is 1.67. The number of rotatable bonds is 7. The highest BCUT2D eigenvalue weighted by Crippen LogP contribution is 2.02. The van der Waals surface area contributed by atoms with Crippen molar-refractivity contribution in [3.63, 3.8) is 0 Å². The van der Waals surface area contributed by atoms with Crippen LogP contribution in [-0.2, 0) is 22.7 Å². The largest absolute Gasteiger partial charge is 0.467 e. The number of carbonyl (C=O) groups is 2. The molecule has 2 heterocycles. The molecule has 4 N–H and O–H groups in total. The molecule has 2 atom stereocenters. The maximum Gasteiger partial charge on any atom is 0.252 e. The second-order valence-electron chi connectivity index (χ2n) is 4.48. The number of hydrogen-bond acceptors (Lipinski definition) is 6. The first-order valence-corrected chi connectivity index (χ1v) is 6.54. The average Bonchev–Trinajstić information content (AvgIpc) is 3.21. The van der Waals surface area contributed by atoms with E-state index in [-0.39, 0.29) is 13.1 Å². The van der Waals surface area contributed by atoms with E-state index in [0.717, 1.165) is 0 Å². The lowest BCUT2D eigenvalue weighted by molar-refractivity contribution is -0.146. The number of aliphatic hydroxyl groups is 2. The SMILES string of the molecule is O=C(NCc1ccco1)[C@@H](O)[C@@H](O)C(=O)NCc1ccco1. The highest BCUT2D eigenvalue weighted by Gasteiger charge is 2.30. The zero-order valence-electron chi connectivity index (χ0n) is 11.6. The summed E-state index contributed by atoms with van der Waals surface area (Å²) in [6.45, 7) is 0.0905. The van der Waals surface area contributed by atoms with Gasteiger partial charge < -0.3 is 29.7 Å². The third kappa shape index (κ3) is 4.21. The molecule has 0 saturated heterocycles. The van der Waals surface area contributed by atoms with Crippen LogP contribution in [0.25, 0.3) is 0 Å². The van der Waals surface area contributed by atoms with Crippen LogP contribution in [0.1, 0.15) is 11.5 Å². The van der Waals surface area contributed by atoms with Crippen LogP contribution in [0.4, 0.5) is 0 Å². The topological polar surface area (TPSA) is 125 Å². The summed E-state index contributed by atoms with van der Waals surface area (Å²) in [6.07, 6.45) is -0.887. The minimum atomic E-state index is -1.88. The molecule has 0 spiro atoms. The summed E-state index contributed by atoms with van der Waals surface area (Å²) in [5.41, 5.74) is 0. The van der Waals surface area contributed by atoms with Gasteiger partial charge in [0.25, 0.3) is 11.8 Å². The first kappa shape index (κ1) is 15.8. The predicted molar refractivity (Wildman–Crippen MR) is 73.1 cm³/mol. The summed E-state index contributed by atoms with van der Waals surface area (Å²) >= 11 is 0. The van der Waals surface area contributed by atoms with Crippen LogP contribution in [0.2, 0.25) is 0 Å². The van der Waals surface area contributed by atoms with Gasteiger partial charge in [0.05, 0.1) is 25.6 Å². The molecule has 2 rings (SSSR count). The van der Waals surface area contributed by atoms with Gasteiger partial charge in [-0.05, 0) is 24.3 Å². The fourth-order valence-corrected chi connectivity index (χ4v) is 1.67. The van der Waals surface area contributed by atoms with Crippen LogP contribution >= 0.6 is 0 Å². The van der Waals surface area contributed by atoms with Crippen molar-refractivity contribution in [3.05, 3.63) is 48.3 Å². The molecule has 2 aromatic heterocycles. The predicted octanol–water partition coefficient (Wildman–Crippen LogP) is -0.473.